The predicted octanol–water partition coefficient (Wildman–Crippen LogP) is 2.61. The lowest BCUT2D eigenvalue weighted by molar-refractivity contribution is 0.582. The van der Waals surface area contributed by atoms with Gasteiger partial charge in [0.15, 0.2) is 0 Å². The molecular formula is C12H13BrN2O2S2. The van der Waals surface area contributed by atoms with E-state index in [1.165, 1.54) is 6.07 Å². The maximum Gasteiger partial charge on any atom is 0.242 e. The number of thiophene rings is 1. The molecule has 0 fully saturated rings. The van der Waals surface area contributed by atoms with E-state index < -0.39 is 10.0 Å². The van der Waals surface area contributed by atoms with Crippen LogP contribution in [-0.4, -0.2) is 15.0 Å². The Hall–Kier alpha value is -0.890. The van der Waals surface area contributed by atoms with Crippen LogP contribution in [0.1, 0.15) is 4.88 Å². The van der Waals surface area contributed by atoms with E-state index in [4.69, 9.17) is 5.73 Å². The second-order valence-corrected chi connectivity index (χ2v) is 7.59. The van der Waals surface area contributed by atoms with E-state index in [2.05, 4.69) is 20.7 Å². The van der Waals surface area contributed by atoms with Crippen LogP contribution in [0.2, 0.25) is 0 Å². The summed E-state index contributed by atoms with van der Waals surface area (Å²) in [6.45, 7) is 0.359. The zero-order valence-corrected chi connectivity index (χ0v) is 13.2. The molecule has 3 N–H and O–H groups in total. The van der Waals surface area contributed by atoms with E-state index >= 15 is 0 Å². The minimum atomic E-state index is -3.55. The fourth-order valence-corrected chi connectivity index (χ4v) is 3.84. The van der Waals surface area contributed by atoms with Crippen LogP contribution in [0.5, 0.6) is 0 Å². The van der Waals surface area contributed by atoms with Gasteiger partial charge >= 0.3 is 0 Å². The molecule has 2 rings (SSSR count). The highest BCUT2D eigenvalue weighted by Gasteiger charge is 2.16. The van der Waals surface area contributed by atoms with Crippen LogP contribution in [0.15, 0.2) is 45.1 Å². The van der Waals surface area contributed by atoms with Crippen LogP contribution in [0.4, 0.5) is 5.69 Å². The second kappa shape index (κ2) is 6.04. The molecule has 0 aliphatic heterocycles. The number of nitrogens with one attached hydrogen (secondary N) is 1. The lowest BCUT2D eigenvalue weighted by Crippen LogP contribution is -2.26. The average molecular weight is 361 g/mol. The summed E-state index contributed by atoms with van der Waals surface area (Å²) in [7, 11) is -3.55. The number of hydrogen-bond acceptors (Lipinski definition) is 4. The van der Waals surface area contributed by atoms with Crippen LogP contribution in [0.3, 0.4) is 0 Å². The summed E-state index contributed by atoms with van der Waals surface area (Å²) in [5.41, 5.74) is 5.96. The lowest BCUT2D eigenvalue weighted by Gasteiger charge is -2.09. The van der Waals surface area contributed by atoms with E-state index in [9.17, 15) is 8.42 Å². The molecule has 0 saturated carbocycles. The molecule has 1 aromatic carbocycles. The van der Waals surface area contributed by atoms with Crippen LogP contribution >= 0.6 is 27.3 Å². The fraction of sp³-hybridized carbons (Fsp3) is 0.167. The summed E-state index contributed by atoms with van der Waals surface area (Å²) in [5, 5.41) is 1.97. The summed E-state index contributed by atoms with van der Waals surface area (Å²) < 4.78 is 27.5. The highest BCUT2D eigenvalue weighted by molar-refractivity contribution is 9.10. The SMILES string of the molecule is Nc1cc(Br)ccc1S(=O)(=O)NCCc1cccs1. The monoisotopic (exact) mass is 360 g/mol. The molecule has 0 spiro atoms. The first-order chi connectivity index (χ1) is 8.99. The Morgan fingerprint density at radius 3 is 2.74 bits per heavy atom. The van der Waals surface area contributed by atoms with Crippen molar-refractivity contribution < 1.29 is 8.42 Å². The van der Waals surface area contributed by atoms with Crippen LogP contribution in [0.25, 0.3) is 0 Å². The molecular weight excluding hydrogens is 348 g/mol. The van der Waals surface area contributed by atoms with Gasteiger partial charge in [0.2, 0.25) is 10.0 Å². The Kier molecular flexibility index (Phi) is 4.62. The largest absolute Gasteiger partial charge is 0.398 e. The minimum absolute atomic E-state index is 0.113. The first-order valence-electron chi connectivity index (χ1n) is 5.56. The molecule has 1 heterocycles. The van der Waals surface area contributed by atoms with E-state index in [-0.39, 0.29) is 10.6 Å². The molecule has 0 amide bonds. The number of rotatable bonds is 5. The molecule has 0 atom stereocenters. The number of nitrogen functional groups attached to an aromatic ring is 1. The quantitative estimate of drug-likeness (QED) is 0.805. The van der Waals surface area contributed by atoms with Gasteiger partial charge in [-0.15, -0.1) is 11.3 Å². The molecule has 19 heavy (non-hydrogen) atoms. The van der Waals surface area contributed by atoms with E-state index in [0.717, 1.165) is 9.35 Å². The van der Waals surface area contributed by atoms with Gasteiger partial charge in [0, 0.05) is 15.9 Å². The van der Waals surface area contributed by atoms with Crippen LogP contribution in [0, 0.1) is 0 Å². The predicted molar refractivity (Wildman–Crippen MR) is 81.8 cm³/mol. The molecule has 2 aromatic rings. The third kappa shape index (κ3) is 3.79. The van der Waals surface area contributed by atoms with Crippen molar-refractivity contribution in [3.05, 3.63) is 45.1 Å². The topological polar surface area (TPSA) is 72.2 Å². The Labute approximate surface area is 124 Å². The summed E-state index contributed by atoms with van der Waals surface area (Å²) in [4.78, 5) is 1.26. The molecule has 0 saturated heterocycles. The molecule has 0 radical (unpaired) electrons. The third-order valence-corrected chi connectivity index (χ3v) is 5.47. The van der Waals surface area contributed by atoms with Crippen LogP contribution in [-0.2, 0) is 16.4 Å². The Bertz CT molecular complexity index is 654. The summed E-state index contributed by atoms with van der Waals surface area (Å²) in [6, 6.07) is 8.65. The Morgan fingerprint density at radius 1 is 1.32 bits per heavy atom. The molecule has 0 aliphatic rings. The summed E-state index contributed by atoms with van der Waals surface area (Å²) in [5.74, 6) is 0. The molecule has 0 aliphatic carbocycles. The number of nitrogens with two attached hydrogens (primary N) is 1. The van der Waals surface area contributed by atoms with Gasteiger partial charge in [-0.05, 0) is 36.1 Å². The molecule has 4 nitrogen and oxygen atoms in total. The Morgan fingerprint density at radius 2 is 2.11 bits per heavy atom. The molecule has 102 valence electrons. The van der Waals surface area contributed by atoms with Crippen molar-refractivity contribution >= 4 is 43.0 Å². The zero-order valence-electron chi connectivity index (χ0n) is 9.97. The van der Waals surface area contributed by atoms with E-state index in [1.54, 1.807) is 23.5 Å². The maximum absolute atomic E-state index is 12.1. The molecule has 0 bridgehead atoms. The van der Waals surface area contributed by atoms with Crippen molar-refractivity contribution in [1.82, 2.24) is 4.72 Å². The summed E-state index contributed by atoms with van der Waals surface area (Å²) >= 11 is 4.86. The molecule has 1 aromatic heterocycles. The molecule has 7 heteroatoms. The van der Waals surface area contributed by atoms with Gasteiger partial charge in [0.05, 0.1) is 5.69 Å². The smallest absolute Gasteiger partial charge is 0.242 e. The van der Waals surface area contributed by atoms with Crippen molar-refractivity contribution in [1.29, 1.82) is 0 Å². The zero-order chi connectivity index (χ0) is 13.9. The van der Waals surface area contributed by atoms with Crippen molar-refractivity contribution in [2.75, 3.05) is 12.3 Å². The van der Waals surface area contributed by atoms with Gasteiger partial charge in [0.1, 0.15) is 4.90 Å². The average Bonchev–Trinajstić information content (AvgIpc) is 2.81. The molecule has 0 unspecified atom stereocenters. The first-order valence-corrected chi connectivity index (χ1v) is 8.72. The third-order valence-electron chi connectivity index (χ3n) is 2.50. The van der Waals surface area contributed by atoms with Crippen molar-refractivity contribution in [2.24, 2.45) is 0 Å². The highest BCUT2D eigenvalue weighted by Crippen LogP contribution is 2.22. The van der Waals surface area contributed by atoms with Gasteiger partial charge in [-0.1, -0.05) is 22.0 Å². The Balaban J connectivity index is 2.05. The standard InChI is InChI=1S/C12H13BrN2O2S2/c13-9-3-4-12(11(14)8-9)19(16,17)15-6-5-10-2-1-7-18-10/h1-4,7-8,15H,5-6,14H2. The maximum atomic E-state index is 12.1. The van der Waals surface area contributed by atoms with Crippen molar-refractivity contribution in [3.8, 4) is 0 Å². The summed E-state index contributed by atoms with van der Waals surface area (Å²) in [6.07, 6.45) is 0.674. The van der Waals surface area contributed by atoms with Gasteiger partial charge < -0.3 is 5.73 Å². The lowest BCUT2D eigenvalue weighted by atomic mass is 10.3. The number of benzene rings is 1. The number of anilines is 1. The first kappa shape index (κ1) is 14.5. The van der Waals surface area contributed by atoms with Gasteiger partial charge in [-0.25, -0.2) is 13.1 Å². The normalized spacial score (nSPS) is 11.6. The van der Waals surface area contributed by atoms with E-state index in [0.29, 0.717) is 13.0 Å². The minimum Gasteiger partial charge on any atom is -0.398 e. The van der Waals surface area contributed by atoms with Crippen molar-refractivity contribution in [3.63, 3.8) is 0 Å². The van der Waals surface area contributed by atoms with Gasteiger partial charge in [0.25, 0.3) is 0 Å². The van der Waals surface area contributed by atoms with Crippen molar-refractivity contribution in [2.45, 2.75) is 11.3 Å². The fourth-order valence-electron chi connectivity index (χ4n) is 1.61. The van der Waals surface area contributed by atoms with Gasteiger partial charge in [-0.3, -0.25) is 0 Å². The highest BCUT2D eigenvalue weighted by atomic mass is 79.9. The van der Waals surface area contributed by atoms with Crippen LogP contribution < -0.4 is 10.5 Å². The van der Waals surface area contributed by atoms with E-state index in [1.807, 2.05) is 17.5 Å². The number of hydrogen-bond donors (Lipinski definition) is 2. The number of sulfonamides is 1. The number of halogens is 1. The van der Waals surface area contributed by atoms with Gasteiger partial charge in [-0.2, -0.15) is 0 Å². The second-order valence-electron chi connectivity index (χ2n) is 3.91.